The molecule has 0 atom stereocenters. The summed E-state index contributed by atoms with van der Waals surface area (Å²) in [5, 5.41) is -1.00. The van der Waals surface area contributed by atoms with Crippen LogP contribution in [0.15, 0.2) is 0 Å². The van der Waals surface area contributed by atoms with E-state index in [2.05, 4.69) is 0 Å². The number of hydrogen-bond donors (Lipinski definition) is 4. The fraction of sp³-hybridized carbons (Fsp3) is 0.750. The van der Waals surface area contributed by atoms with Gasteiger partial charge in [0.25, 0.3) is 0 Å². The third kappa shape index (κ3) is 5.75. The van der Waals surface area contributed by atoms with E-state index >= 15 is 0 Å². The molecule has 0 aliphatic rings. The van der Waals surface area contributed by atoms with E-state index in [-0.39, 0.29) is 32.7 Å². The van der Waals surface area contributed by atoms with Crippen molar-refractivity contribution in [3.05, 3.63) is 5.40 Å². The Morgan fingerprint density at radius 2 is 1.23 bits per heavy atom. The predicted molar refractivity (Wildman–Crippen MR) is 42.2 cm³/mol. The first-order valence-corrected chi connectivity index (χ1v) is 6.28. The van der Waals surface area contributed by atoms with Crippen molar-refractivity contribution >= 4 is 15.2 Å². The van der Waals surface area contributed by atoms with Crippen molar-refractivity contribution in [3.63, 3.8) is 0 Å². The molecule has 77 valence electrons. The summed E-state index contributed by atoms with van der Waals surface area (Å²) in [6.07, 6.45) is 0. The second-order valence-electron chi connectivity index (χ2n) is 2.60. The van der Waals surface area contributed by atoms with E-state index in [1.807, 2.05) is 0 Å². The molecule has 1 radical (unpaired) electrons. The Labute approximate surface area is 101 Å². The van der Waals surface area contributed by atoms with Crippen LogP contribution in [-0.2, 0) is 41.8 Å². The maximum Gasteiger partial charge on any atom is 0.196 e. The predicted octanol–water partition coefficient (Wildman–Crippen LogP) is 0.485. The molecule has 13 heavy (non-hydrogen) atoms. The first-order chi connectivity index (χ1) is 5.07. The molecule has 0 aliphatic carbocycles. The van der Waals surface area contributed by atoms with Gasteiger partial charge in [-0.05, 0) is 0 Å². The molecular formula is C4H11O6P2Y-. The minimum atomic E-state index is -4.80. The van der Waals surface area contributed by atoms with E-state index in [1.54, 1.807) is 0 Å². The summed E-state index contributed by atoms with van der Waals surface area (Å²) in [7, 11) is -9.60. The maximum atomic E-state index is 10.6. The Morgan fingerprint density at radius 1 is 1.00 bits per heavy atom. The third-order valence-electron chi connectivity index (χ3n) is 1.11. The van der Waals surface area contributed by atoms with Crippen molar-refractivity contribution in [1.82, 2.24) is 0 Å². The van der Waals surface area contributed by atoms with Gasteiger partial charge in [0, 0.05) is 32.7 Å². The van der Waals surface area contributed by atoms with Crippen LogP contribution in [0.1, 0.15) is 13.8 Å². The van der Waals surface area contributed by atoms with Crippen molar-refractivity contribution < 1.29 is 61.4 Å². The fourth-order valence-electron chi connectivity index (χ4n) is 0.842. The van der Waals surface area contributed by atoms with Gasteiger partial charge in [-0.25, -0.2) is 0 Å². The summed E-state index contributed by atoms with van der Waals surface area (Å²) < 4.78 is 21.2. The van der Waals surface area contributed by atoms with Crippen LogP contribution in [0.25, 0.3) is 0 Å². The van der Waals surface area contributed by atoms with Crippen molar-refractivity contribution in [2.24, 2.45) is 5.92 Å². The minimum Gasteiger partial charge on any atom is -0.346 e. The van der Waals surface area contributed by atoms with E-state index in [4.69, 9.17) is 19.6 Å². The zero-order valence-corrected chi connectivity index (χ0v) is 11.8. The topological polar surface area (TPSA) is 115 Å². The fourth-order valence-corrected chi connectivity index (χ4v) is 3.55. The zero-order chi connectivity index (χ0) is 10.2. The molecule has 0 amide bonds. The Hall–Kier alpha value is 1.40. The monoisotopic (exact) mass is 306 g/mol. The molecule has 4 N–H and O–H groups in total. The van der Waals surface area contributed by atoms with Crippen molar-refractivity contribution in [3.8, 4) is 0 Å². The molecule has 0 rings (SSSR count). The Bertz CT molecular complexity index is 219. The largest absolute Gasteiger partial charge is 0.346 e. The van der Waals surface area contributed by atoms with Crippen molar-refractivity contribution in [2.45, 2.75) is 13.8 Å². The van der Waals surface area contributed by atoms with Crippen LogP contribution < -0.4 is 0 Å². The van der Waals surface area contributed by atoms with Crippen LogP contribution in [0.2, 0.25) is 0 Å². The second-order valence-corrected chi connectivity index (χ2v) is 6.09. The Morgan fingerprint density at radius 3 is 1.23 bits per heavy atom. The molecule has 0 saturated heterocycles. The molecule has 0 saturated carbocycles. The number of hydrogen-bond acceptors (Lipinski definition) is 2. The SMILES string of the molecule is CC(C)[C-](P(=O)(O)O)P(=O)(O)O.[Y]. The summed E-state index contributed by atoms with van der Waals surface area (Å²) in [4.78, 5) is 34.3. The van der Waals surface area contributed by atoms with Crippen LogP contribution in [0.3, 0.4) is 0 Å². The van der Waals surface area contributed by atoms with Crippen LogP contribution >= 0.6 is 15.2 Å². The van der Waals surface area contributed by atoms with E-state index < -0.39 is 26.5 Å². The molecule has 0 aromatic heterocycles. The van der Waals surface area contributed by atoms with E-state index in [1.165, 1.54) is 13.8 Å². The minimum absolute atomic E-state index is 0. The molecule has 0 fully saturated rings. The van der Waals surface area contributed by atoms with Gasteiger partial charge < -0.3 is 19.6 Å². The Balaban J connectivity index is 0. The standard InChI is InChI=1S/C4H11O6P2.Y/c1-3(2)4(11(5,6)7)12(8,9)10;/h3H,1-2H3,(H2,5,6,7)(H2,8,9,10);/q-1;. The zero-order valence-electron chi connectivity index (χ0n) is 7.15. The van der Waals surface area contributed by atoms with E-state index in [9.17, 15) is 9.13 Å². The molecule has 0 spiro atoms. The van der Waals surface area contributed by atoms with Crippen LogP contribution in [0.4, 0.5) is 0 Å². The van der Waals surface area contributed by atoms with Gasteiger partial charge in [0.15, 0.2) is 15.2 Å². The van der Waals surface area contributed by atoms with Gasteiger partial charge >= 0.3 is 0 Å². The Kier molecular flexibility index (Phi) is 7.09. The molecule has 0 aromatic rings. The third-order valence-corrected chi connectivity index (χ3v) is 4.90. The van der Waals surface area contributed by atoms with Gasteiger partial charge in [0.2, 0.25) is 0 Å². The molecule has 0 aliphatic heterocycles. The van der Waals surface area contributed by atoms with Crippen LogP contribution in [0, 0.1) is 11.3 Å². The van der Waals surface area contributed by atoms with Gasteiger partial charge in [-0.1, -0.05) is 19.2 Å². The molecule has 0 unspecified atom stereocenters. The normalized spacial score (nSPS) is 13.2. The van der Waals surface area contributed by atoms with E-state index in [0.29, 0.717) is 0 Å². The van der Waals surface area contributed by atoms with Gasteiger partial charge in [-0.15, -0.1) is 5.92 Å². The van der Waals surface area contributed by atoms with Gasteiger partial charge in [-0.2, -0.15) is 0 Å². The summed E-state index contributed by atoms with van der Waals surface area (Å²) >= 11 is 0. The van der Waals surface area contributed by atoms with E-state index in [0.717, 1.165) is 0 Å². The molecule has 0 heterocycles. The molecule has 6 nitrogen and oxygen atoms in total. The van der Waals surface area contributed by atoms with Gasteiger partial charge in [-0.3, -0.25) is 9.13 Å². The average molecular weight is 306 g/mol. The van der Waals surface area contributed by atoms with Crippen LogP contribution in [0.5, 0.6) is 0 Å². The smallest absolute Gasteiger partial charge is 0.196 e. The summed E-state index contributed by atoms with van der Waals surface area (Å²) in [5.41, 5.74) is 0. The molecular weight excluding hydrogens is 295 g/mol. The van der Waals surface area contributed by atoms with Crippen LogP contribution in [-0.4, -0.2) is 19.6 Å². The van der Waals surface area contributed by atoms with Crippen molar-refractivity contribution in [1.29, 1.82) is 0 Å². The summed E-state index contributed by atoms with van der Waals surface area (Å²) in [6, 6.07) is 0. The quantitative estimate of drug-likeness (QED) is 0.445. The average Bonchev–Trinajstić information content (AvgIpc) is 1.49. The maximum absolute atomic E-state index is 10.6. The molecule has 9 heteroatoms. The number of rotatable bonds is 3. The first kappa shape index (κ1) is 16.8. The molecule has 0 bridgehead atoms. The van der Waals surface area contributed by atoms with Crippen molar-refractivity contribution in [2.75, 3.05) is 0 Å². The molecule has 0 aromatic carbocycles. The second kappa shape index (κ2) is 5.48. The first-order valence-electron chi connectivity index (χ1n) is 3.06. The summed E-state index contributed by atoms with van der Waals surface area (Å²) in [6.45, 7) is 2.63. The van der Waals surface area contributed by atoms with Gasteiger partial charge in [0.05, 0.1) is 0 Å². The summed E-state index contributed by atoms with van der Waals surface area (Å²) in [5.74, 6) is -0.841. The van der Waals surface area contributed by atoms with Gasteiger partial charge in [0.1, 0.15) is 0 Å².